The Labute approximate surface area is 107 Å². The van der Waals surface area contributed by atoms with E-state index in [4.69, 9.17) is 5.73 Å². The van der Waals surface area contributed by atoms with Crippen molar-refractivity contribution < 1.29 is 0 Å². The summed E-state index contributed by atoms with van der Waals surface area (Å²) >= 11 is 0. The Morgan fingerprint density at radius 1 is 1.24 bits per heavy atom. The van der Waals surface area contributed by atoms with E-state index in [9.17, 15) is 0 Å². The molecule has 1 rings (SSSR count). The molecule has 1 fully saturated rings. The smallest absolute Gasteiger partial charge is 0.0220 e. The van der Waals surface area contributed by atoms with Crippen LogP contribution in [0.4, 0.5) is 0 Å². The van der Waals surface area contributed by atoms with Crippen LogP contribution in [0.15, 0.2) is 0 Å². The van der Waals surface area contributed by atoms with Gasteiger partial charge in [0.05, 0.1) is 0 Å². The van der Waals surface area contributed by atoms with Crippen molar-refractivity contribution in [3.05, 3.63) is 0 Å². The fraction of sp³-hybridized carbons (Fsp3) is 1.00. The molecular formula is C14H31N3. The van der Waals surface area contributed by atoms with Crippen LogP contribution < -0.4 is 5.73 Å². The van der Waals surface area contributed by atoms with E-state index in [-0.39, 0.29) is 0 Å². The van der Waals surface area contributed by atoms with Gasteiger partial charge in [0, 0.05) is 25.7 Å². The molecule has 0 aliphatic carbocycles. The highest BCUT2D eigenvalue weighted by molar-refractivity contribution is 4.78. The van der Waals surface area contributed by atoms with E-state index in [0.717, 1.165) is 13.1 Å². The summed E-state index contributed by atoms with van der Waals surface area (Å²) in [6, 6.07) is 0.526. The van der Waals surface area contributed by atoms with E-state index < -0.39 is 0 Å². The first kappa shape index (κ1) is 14.9. The molecule has 1 atom stereocenters. The lowest BCUT2D eigenvalue weighted by atomic mass is 9.87. The van der Waals surface area contributed by atoms with Crippen molar-refractivity contribution in [2.24, 2.45) is 11.1 Å². The summed E-state index contributed by atoms with van der Waals surface area (Å²) in [6.45, 7) is 12.6. The lowest BCUT2D eigenvalue weighted by Gasteiger charge is -2.33. The maximum absolute atomic E-state index is 5.91. The predicted octanol–water partition coefficient (Wildman–Crippen LogP) is 1.78. The van der Waals surface area contributed by atoms with Crippen molar-refractivity contribution in [3.63, 3.8) is 0 Å². The molecule has 17 heavy (non-hydrogen) atoms. The van der Waals surface area contributed by atoms with Crippen LogP contribution in [0.2, 0.25) is 0 Å². The minimum Gasteiger partial charge on any atom is -0.329 e. The van der Waals surface area contributed by atoms with Gasteiger partial charge in [-0.15, -0.1) is 0 Å². The predicted molar refractivity (Wildman–Crippen MR) is 75.2 cm³/mol. The molecule has 3 heteroatoms. The third-order valence-electron chi connectivity index (χ3n) is 3.71. The minimum atomic E-state index is 0.367. The highest BCUT2D eigenvalue weighted by Gasteiger charge is 2.21. The van der Waals surface area contributed by atoms with E-state index in [2.05, 4.69) is 37.6 Å². The molecule has 1 heterocycles. The number of hydrogen-bond donors (Lipinski definition) is 1. The highest BCUT2D eigenvalue weighted by atomic mass is 15.2. The zero-order chi connectivity index (χ0) is 12.9. The van der Waals surface area contributed by atoms with Gasteiger partial charge in [0.2, 0.25) is 0 Å². The normalized spacial score (nSPS) is 20.1. The third-order valence-corrected chi connectivity index (χ3v) is 3.71. The summed E-state index contributed by atoms with van der Waals surface area (Å²) < 4.78 is 0. The monoisotopic (exact) mass is 241 g/mol. The van der Waals surface area contributed by atoms with E-state index in [0.29, 0.717) is 11.5 Å². The Morgan fingerprint density at radius 3 is 2.29 bits per heavy atom. The van der Waals surface area contributed by atoms with Crippen LogP contribution in [-0.4, -0.2) is 55.6 Å². The second-order valence-electron chi connectivity index (χ2n) is 6.68. The SMILES string of the molecule is CN(CCN1CCCC1)C(CN)CC(C)(C)C. The second kappa shape index (κ2) is 6.72. The van der Waals surface area contributed by atoms with Gasteiger partial charge < -0.3 is 15.5 Å². The van der Waals surface area contributed by atoms with E-state index >= 15 is 0 Å². The molecule has 0 spiro atoms. The topological polar surface area (TPSA) is 32.5 Å². The van der Waals surface area contributed by atoms with Gasteiger partial charge in [0.15, 0.2) is 0 Å². The molecule has 1 unspecified atom stereocenters. The average Bonchev–Trinajstić information content (AvgIpc) is 2.74. The molecule has 3 nitrogen and oxygen atoms in total. The molecule has 1 aliphatic heterocycles. The number of likely N-dealkylation sites (N-methyl/N-ethyl adjacent to an activating group) is 1. The van der Waals surface area contributed by atoms with Gasteiger partial charge in [-0.25, -0.2) is 0 Å². The number of hydrogen-bond acceptors (Lipinski definition) is 3. The van der Waals surface area contributed by atoms with Gasteiger partial charge >= 0.3 is 0 Å². The fourth-order valence-electron chi connectivity index (χ4n) is 2.61. The molecule has 102 valence electrons. The molecule has 0 aromatic heterocycles. The van der Waals surface area contributed by atoms with Gasteiger partial charge in [0.25, 0.3) is 0 Å². The lowest BCUT2D eigenvalue weighted by Crippen LogP contribution is -2.43. The maximum atomic E-state index is 5.91. The first-order valence-corrected chi connectivity index (χ1v) is 7.05. The molecule has 0 radical (unpaired) electrons. The van der Waals surface area contributed by atoms with Gasteiger partial charge in [-0.3, -0.25) is 0 Å². The Kier molecular flexibility index (Phi) is 5.90. The van der Waals surface area contributed by atoms with Crippen LogP contribution in [-0.2, 0) is 0 Å². The van der Waals surface area contributed by atoms with Crippen LogP contribution in [0.3, 0.4) is 0 Å². The minimum absolute atomic E-state index is 0.367. The second-order valence-corrected chi connectivity index (χ2v) is 6.68. The van der Waals surface area contributed by atoms with E-state index in [1.54, 1.807) is 0 Å². The summed E-state index contributed by atoms with van der Waals surface area (Å²) in [5, 5.41) is 0. The molecule has 0 aromatic rings. The van der Waals surface area contributed by atoms with Crippen molar-refractivity contribution in [3.8, 4) is 0 Å². The van der Waals surface area contributed by atoms with Crippen molar-refractivity contribution in [1.29, 1.82) is 0 Å². The third kappa shape index (κ3) is 5.84. The molecule has 0 saturated carbocycles. The van der Waals surface area contributed by atoms with Crippen LogP contribution in [0.5, 0.6) is 0 Å². The molecular weight excluding hydrogens is 210 g/mol. The Balaban J connectivity index is 2.29. The summed E-state index contributed by atoms with van der Waals surface area (Å²) in [7, 11) is 2.22. The van der Waals surface area contributed by atoms with E-state index in [1.807, 2.05) is 0 Å². The van der Waals surface area contributed by atoms with Gasteiger partial charge in [-0.2, -0.15) is 0 Å². The molecule has 0 bridgehead atoms. The average molecular weight is 241 g/mol. The molecule has 0 amide bonds. The molecule has 2 N–H and O–H groups in total. The largest absolute Gasteiger partial charge is 0.329 e. The van der Waals surface area contributed by atoms with Crippen LogP contribution in [0.1, 0.15) is 40.0 Å². The fourth-order valence-corrected chi connectivity index (χ4v) is 2.61. The Morgan fingerprint density at radius 2 is 1.82 bits per heavy atom. The zero-order valence-electron chi connectivity index (χ0n) is 12.2. The molecule has 1 aliphatic rings. The highest BCUT2D eigenvalue weighted by Crippen LogP contribution is 2.22. The van der Waals surface area contributed by atoms with Gasteiger partial charge in [0.1, 0.15) is 0 Å². The van der Waals surface area contributed by atoms with Crippen molar-refractivity contribution in [1.82, 2.24) is 9.80 Å². The van der Waals surface area contributed by atoms with Crippen molar-refractivity contribution in [2.75, 3.05) is 39.8 Å². The molecule has 1 saturated heterocycles. The lowest BCUT2D eigenvalue weighted by molar-refractivity contribution is 0.165. The van der Waals surface area contributed by atoms with Crippen LogP contribution >= 0.6 is 0 Å². The summed E-state index contributed by atoms with van der Waals surface area (Å²) in [4.78, 5) is 5.02. The first-order valence-electron chi connectivity index (χ1n) is 7.05. The summed E-state index contributed by atoms with van der Waals surface area (Å²) in [5.41, 5.74) is 6.28. The number of nitrogens with two attached hydrogens (primary N) is 1. The number of nitrogens with zero attached hydrogens (tertiary/aromatic N) is 2. The standard InChI is InChI=1S/C14H31N3/c1-14(2,3)11-13(12-15)16(4)9-10-17-7-5-6-8-17/h13H,5-12,15H2,1-4H3. The van der Waals surface area contributed by atoms with Gasteiger partial charge in [-0.05, 0) is 44.8 Å². The first-order chi connectivity index (χ1) is 7.92. The molecule has 0 aromatic carbocycles. The van der Waals surface area contributed by atoms with E-state index in [1.165, 1.54) is 38.9 Å². The van der Waals surface area contributed by atoms with Gasteiger partial charge in [-0.1, -0.05) is 20.8 Å². The van der Waals surface area contributed by atoms with Crippen LogP contribution in [0, 0.1) is 5.41 Å². The Bertz CT molecular complexity index is 204. The number of likely N-dealkylation sites (tertiary alicyclic amines) is 1. The number of rotatable bonds is 6. The zero-order valence-corrected chi connectivity index (χ0v) is 12.2. The van der Waals surface area contributed by atoms with Crippen LogP contribution in [0.25, 0.3) is 0 Å². The van der Waals surface area contributed by atoms with Crippen molar-refractivity contribution in [2.45, 2.75) is 46.1 Å². The summed E-state index contributed by atoms with van der Waals surface area (Å²) in [5.74, 6) is 0. The maximum Gasteiger partial charge on any atom is 0.0220 e. The Hall–Kier alpha value is -0.120. The summed E-state index contributed by atoms with van der Waals surface area (Å²) in [6.07, 6.45) is 3.94. The van der Waals surface area contributed by atoms with Crippen molar-refractivity contribution >= 4 is 0 Å². The quantitative estimate of drug-likeness (QED) is 0.769.